The molecule has 0 amide bonds. The number of nitrogens with zero attached hydrogens (tertiary/aromatic N) is 3. The highest BCUT2D eigenvalue weighted by Gasteiger charge is 2.27. The molecular weight excluding hydrogens is 1120 g/mol. The largest absolute Gasteiger partial charge is 0.310 e. The van der Waals surface area contributed by atoms with Crippen molar-refractivity contribution in [3.05, 3.63) is 364 Å². The Bertz CT molecular complexity index is 4830. The van der Waals surface area contributed by atoms with E-state index in [1.807, 2.05) is 0 Å². The molecule has 0 aromatic heterocycles. The second-order valence-electron chi connectivity index (χ2n) is 25.1. The quantitative estimate of drug-likeness (QED) is 0.0893. The van der Waals surface area contributed by atoms with Crippen molar-refractivity contribution in [2.24, 2.45) is 0 Å². The molecule has 1 aliphatic carbocycles. The monoisotopic (exact) mass is 1200 g/mol. The molecule has 3 nitrogen and oxygen atoms in total. The molecule has 0 saturated heterocycles. The third-order valence-corrected chi connectivity index (χ3v) is 18.2. The summed E-state index contributed by atoms with van der Waals surface area (Å²) in [4.78, 5) is 7.24. The lowest BCUT2D eigenvalue weighted by molar-refractivity contribution is 0.959. The second-order valence-corrected chi connectivity index (χ2v) is 25.1. The summed E-state index contributed by atoms with van der Waals surface area (Å²) in [6.07, 6.45) is 10.7. The maximum atomic E-state index is 2.44. The van der Waals surface area contributed by atoms with Crippen molar-refractivity contribution in [2.45, 2.75) is 54.4 Å². The molecule has 450 valence electrons. The van der Waals surface area contributed by atoms with Gasteiger partial charge in [-0.3, -0.25) is 0 Å². The molecule has 0 bridgehead atoms. The number of benzene rings is 13. The van der Waals surface area contributed by atoms with E-state index in [2.05, 4.69) is 378 Å². The van der Waals surface area contributed by atoms with Gasteiger partial charge in [-0.15, -0.1) is 0 Å². The number of hydrogen-bond donors (Lipinski definition) is 0. The standard InChI is InChI=1S/C90H75N3/c1-62-11-23-68(24-12-62)29-32-71-35-47-77(48-36-71)91(74-41-17-65(4)18-42-74)80-53-56-85-83-9-7-8-10-84(83)88-59-81(92(75-43-19-66(5)20-44-75)78-49-37-72(38-50-78)33-30-69-25-13-63(2)14-26-69)54-57-86(88)90-61-82(55-58-87(90)89(85)60-80)93(76-45-21-67(6)22-46-76)79-51-39-73(40-52-79)34-31-70-27-15-64(3)16-28-70/h7-28,30-31,33-61H,29,32H2,1-6H3/b33-30+,34-31+,85-83?,88-84?,89-87?,90-86?. The third kappa shape index (κ3) is 13.1. The Balaban J connectivity index is 0.936. The predicted molar refractivity (Wildman–Crippen MR) is 399 cm³/mol. The summed E-state index contributed by atoms with van der Waals surface area (Å²) in [7, 11) is 0. The molecule has 0 aliphatic heterocycles. The fourth-order valence-corrected chi connectivity index (χ4v) is 12.8. The van der Waals surface area contributed by atoms with Crippen molar-refractivity contribution in [1.29, 1.82) is 0 Å². The van der Waals surface area contributed by atoms with Crippen LogP contribution in [-0.2, 0) is 12.8 Å². The maximum absolute atomic E-state index is 2.44. The zero-order valence-corrected chi connectivity index (χ0v) is 53.9. The molecule has 0 spiro atoms. The average Bonchev–Trinajstić information content (AvgIpc) is 0.740. The summed E-state index contributed by atoms with van der Waals surface area (Å²) in [6, 6.07) is 111. The van der Waals surface area contributed by atoms with Gasteiger partial charge in [-0.05, 0) is 241 Å². The lowest BCUT2D eigenvalue weighted by Gasteiger charge is -2.31. The van der Waals surface area contributed by atoms with E-state index in [-0.39, 0.29) is 0 Å². The van der Waals surface area contributed by atoms with Gasteiger partial charge >= 0.3 is 0 Å². The van der Waals surface area contributed by atoms with Crippen LogP contribution in [-0.4, -0.2) is 0 Å². The zero-order chi connectivity index (χ0) is 63.4. The minimum absolute atomic E-state index is 0.969. The van der Waals surface area contributed by atoms with E-state index in [1.165, 1.54) is 72.3 Å². The van der Waals surface area contributed by atoms with Crippen molar-refractivity contribution in [3.8, 4) is 44.5 Å². The normalized spacial score (nSPS) is 11.5. The van der Waals surface area contributed by atoms with Crippen molar-refractivity contribution in [2.75, 3.05) is 14.7 Å². The van der Waals surface area contributed by atoms with Crippen LogP contribution in [0.4, 0.5) is 51.2 Å². The van der Waals surface area contributed by atoms with Crippen molar-refractivity contribution in [1.82, 2.24) is 0 Å². The molecule has 0 unspecified atom stereocenters. The molecule has 93 heavy (non-hydrogen) atoms. The molecule has 0 N–H and O–H groups in total. The summed E-state index contributed by atoms with van der Waals surface area (Å²) < 4.78 is 0. The highest BCUT2D eigenvalue weighted by atomic mass is 15.2. The van der Waals surface area contributed by atoms with Crippen LogP contribution >= 0.6 is 0 Å². The molecule has 0 atom stereocenters. The Labute approximate surface area is 549 Å². The summed E-state index contributed by atoms with van der Waals surface area (Å²) in [5.41, 5.74) is 33.8. The van der Waals surface area contributed by atoms with Crippen LogP contribution in [0.2, 0.25) is 0 Å². The Morgan fingerprint density at radius 1 is 0.194 bits per heavy atom. The van der Waals surface area contributed by atoms with E-state index in [4.69, 9.17) is 0 Å². The maximum Gasteiger partial charge on any atom is 0.0468 e. The fraction of sp³-hybridized carbons (Fsp3) is 0.0889. The first-order chi connectivity index (χ1) is 45.5. The van der Waals surface area contributed by atoms with E-state index in [0.29, 0.717) is 0 Å². The van der Waals surface area contributed by atoms with E-state index in [1.54, 1.807) is 0 Å². The predicted octanol–water partition coefficient (Wildman–Crippen LogP) is 25.1. The first-order valence-corrected chi connectivity index (χ1v) is 32.5. The van der Waals surface area contributed by atoms with E-state index in [9.17, 15) is 0 Å². The first kappa shape index (κ1) is 59.4. The summed E-state index contributed by atoms with van der Waals surface area (Å²) >= 11 is 0. The van der Waals surface area contributed by atoms with Crippen LogP contribution < -0.4 is 14.7 Å². The molecule has 0 radical (unpaired) electrons. The summed E-state index contributed by atoms with van der Waals surface area (Å²) in [5.74, 6) is 0. The van der Waals surface area contributed by atoms with Crippen molar-refractivity contribution >= 4 is 75.5 Å². The van der Waals surface area contributed by atoms with Gasteiger partial charge in [-0.25, -0.2) is 0 Å². The highest BCUT2D eigenvalue weighted by Crippen LogP contribution is 2.53. The molecule has 0 heterocycles. The Kier molecular flexibility index (Phi) is 16.8. The Morgan fingerprint density at radius 3 is 0.688 bits per heavy atom. The van der Waals surface area contributed by atoms with Crippen LogP contribution in [0.15, 0.2) is 297 Å². The number of hydrogen-bond acceptors (Lipinski definition) is 3. The van der Waals surface area contributed by atoms with Gasteiger partial charge in [0.1, 0.15) is 0 Å². The molecule has 3 heteroatoms. The van der Waals surface area contributed by atoms with Crippen LogP contribution in [0.1, 0.15) is 66.8 Å². The van der Waals surface area contributed by atoms with Gasteiger partial charge in [0.2, 0.25) is 0 Å². The first-order valence-electron chi connectivity index (χ1n) is 32.5. The molecular formula is C90H75N3. The topological polar surface area (TPSA) is 9.72 Å². The lowest BCUT2D eigenvalue weighted by atomic mass is 9.80. The zero-order valence-electron chi connectivity index (χ0n) is 53.9. The van der Waals surface area contributed by atoms with Gasteiger partial charge < -0.3 is 14.7 Å². The van der Waals surface area contributed by atoms with Crippen LogP contribution in [0, 0.1) is 41.5 Å². The molecule has 13 aromatic carbocycles. The van der Waals surface area contributed by atoms with E-state index >= 15 is 0 Å². The molecule has 1 aliphatic rings. The smallest absolute Gasteiger partial charge is 0.0468 e. The van der Waals surface area contributed by atoms with Gasteiger partial charge in [0.15, 0.2) is 0 Å². The number of rotatable bonds is 16. The number of aryl methyl sites for hydroxylation is 8. The van der Waals surface area contributed by atoms with Crippen LogP contribution in [0.5, 0.6) is 0 Å². The molecule has 14 rings (SSSR count). The van der Waals surface area contributed by atoms with Gasteiger partial charge in [-0.2, -0.15) is 0 Å². The lowest BCUT2D eigenvalue weighted by Crippen LogP contribution is -2.12. The number of fused-ring (bicyclic) bond motifs is 8. The minimum atomic E-state index is 0.969. The van der Waals surface area contributed by atoms with Gasteiger partial charge in [0.05, 0.1) is 0 Å². The van der Waals surface area contributed by atoms with Gasteiger partial charge in [0, 0.05) is 51.2 Å². The third-order valence-electron chi connectivity index (χ3n) is 18.2. The highest BCUT2D eigenvalue weighted by molar-refractivity contribution is 6.06. The summed E-state index contributed by atoms with van der Waals surface area (Å²) in [5, 5.41) is 0. The Hall–Kier alpha value is -11.3. The van der Waals surface area contributed by atoms with Gasteiger partial charge in [-0.1, -0.05) is 246 Å². The average molecular weight is 1200 g/mol. The van der Waals surface area contributed by atoms with Crippen LogP contribution in [0.3, 0.4) is 0 Å². The molecule has 13 aromatic rings. The number of anilines is 9. The van der Waals surface area contributed by atoms with Gasteiger partial charge in [0.25, 0.3) is 0 Å². The van der Waals surface area contributed by atoms with E-state index in [0.717, 1.165) is 103 Å². The van der Waals surface area contributed by atoms with E-state index < -0.39 is 0 Å². The second kappa shape index (κ2) is 26.3. The molecule has 0 saturated carbocycles. The van der Waals surface area contributed by atoms with Crippen molar-refractivity contribution in [3.63, 3.8) is 0 Å². The van der Waals surface area contributed by atoms with Crippen LogP contribution in [0.25, 0.3) is 68.8 Å². The summed E-state index contributed by atoms with van der Waals surface area (Å²) in [6.45, 7) is 12.9. The Morgan fingerprint density at radius 2 is 0.387 bits per heavy atom. The van der Waals surface area contributed by atoms with Crippen molar-refractivity contribution < 1.29 is 0 Å². The fourth-order valence-electron chi connectivity index (χ4n) is 12.8. The molecule has 0 fully saturated rings. The SMILES string of the molecule is Cc1ccc(/C=C/c2ccc(N(c3ccc(C)cc3)c3ccc4c(c3)-c3ccccc3-c3ccc(N(c5ccc(C)cc5)c5ccc(CCc6ccc(C)cc6)cc5)cc3-c3ccc(N(c5ccc(C)cc5)c5ccc(/C=C/c6ccc(C)cc6)cc5)cc3-4)cc2)cc1. The minimum Gasteiger partial charge on any atom is -0.310 e.